The van der Waals surface area contributed by atoms with Gasteiger partial charge in [-0.25, -0.2) is 4.39 Å². The summed E-state index contributed by atoms with van der Waals surface area (Å²) in [6.45, 7) is 2.31. The smallest absolute Gasteiger partial charge is 0.250 e. The van der Waals surface area contributed by atoms with E-state index in [9.17, 15) is 14.0 Å². The molecule has 0 saturated carbocycles. The highest BCUT2D eigenvalue weighted by atomic mass is 35.5. The molecular formula is C20H18Cl2FN5O3. The summed E-state index contributed by atoms with van der Waals surface area (Å²) in [5, 5.41) is 8.00. The predicted octanol–water partition coefficient (Wildman–Crippen LogP) is 3.60. The molecule has 0 aliphatic carbocycles. The van der Waals surface area contributed by atoms with E-state index in [1.165, 1.54) is 46.0 Å². The van der Waals surface area contributed by atoms with E-state index < -0.39 is 5.82 Å². The second-order valence-corrected chi connectivity index (χ2v) is 7.14. The number of carbonyl (C=O) groups excluding carboxylic acids is 1. The topological polar surface area (TPSA) is 103 Å². The number of rotatable bonds is 8. The zero-order chi connectivity index (χ0) is 22.5. The third-order valence-electron chi connectivity index (χ3n) is 4.46. The van der Waals surface area contributed by atoms with E-state index in [2.05, 4.69) is 10.2 Å². The van der Waals surface area contributed by atoms with Gasteiger partial charge in [-0.15, -0.1) is 10.2 Å². The van der Waals surface area contributed by atoms with Crippen LogP contribution in [0, 0.1) is 5.82 Å². The molecule has 0 aliphatic rings. The first-order chi connectivity index (χ1) is 14.8. The highest BCUT2D eigenvalue weighted by Crippen LogP contribution is 2.29. The van der Waals surface area contributed by atoms with Gasteiger partial charge in [0.1, 0.15) is 5.82 Å². The average Bonchev–Trinajstić information content (AvgIpc) is 2.76. The molecule has 162 valence electrons. The molecule has 0 unspecified atom stereocenters. The molecule has 0 atom stereocenters. The maximum atomic E-state index is 13.7. The fraction of sp³-hybridized carbons (Fsp3) is 0.200. The van der Waals surface area contributed by atoms with Gasteiger partial charge in [-0.05, 0) is 30.7 Å². The van der Waals surface area contributed by atoms with Gasteiger partial charge in [0.25, 0.3) is 5.56 Å². The molecule has 31 heavy (non-hydrogen) atoms. The molecule has 0 saturated heterocycles. The van der Waals surface area contributed by atoms with Crippen LogP contribution in [-0.2, 0) is 17.8 Å². The number of ether oxygens (including phenoxy) is 1. The molecule has 11 heteroatoms. The van der Waals surface area contributed by atoms with Crippen LogP contribution in [0.5, 0.6) is 5.75 Å². The van der Waals surface area contributed by atoms with Crippen LogP contribution in [0.1, 0.15) is 12.5 Å². The number of nitrogens with zero attached hydrogens (tertiary/aromatic N) is 4. The van der Waals surface area contributed by atoms with Crippen molar-refractivity contribution in [2.45, 2.75) is 19.9 Å². The Balaban J connectivity index is 1.82. The van der Waals surface area contributed by atoms with Crippen molar-refractivity contribution in [2.24, 2.45) is 0 Å². The van der Waals surface area contributed by atoms with Crippen LogP contribution in [0.25, 0.3) is 0 Å². The Kier molecular flexibility index (Phi) is 7.09. The molecule has 0 radical (unpaired) electrons. The number of nitrogens with two attached hydrogens (primary N) is 1. The minimum atomic E-state index is -0.580. The Morgan fingerprint density at radius 2 is 2.03 bits per heavy atom. The van der Waals surface area contributed by atoms with Gasteiger partial charge in [-0.2, -0.15) is 0 Å². The van der Waals surface area contributed by atoms with E-state index in [-0.39, 0.29) is 41.0 Å². The van der Waals surface area contributed by atoms with Crippen molar-refractivity contribution >= 4 is 46.9 Å². The summed E-state index contributed by atoms with van der Waals surface area (Å²) in [4.78, 5) is 24.7. The van der Waals surface area contributed by atoms with Crippen molar-refractivity contribution in [3.05, 3.63) is 68.3 Å². The van der Waals surface area contributed by atoms with Gasteiger partial charge in [-0.3, -0.25) is 14.5 Å². The van der Waals surface area contributed by atoms with Crippen LogP contribution in [0.4, 0.5) is 21.7 Å². The molecule has 0 bridgehead atoms. The summed E-state index contributed by atoms with van der Waals surface area (Å²) in [6.07, 6.45) is 2.28. The molecular weight excluding hydrogens is 448 g/mol. The lowest BCUT2D eigenvalue weighted by atomic mass is 10.1. The predicted molar refractivity (Wildman–Crippen MR) is 117 cm³/mol. The number of aryl methyl sites for hydroxylation is 1. The van der Waals surface area contributed by atoms with Gasteiger partial charge >= 0.3 is 0 Å². The summed E-state index contributed by atoms with van der Waals surface area (Å²) in [5.74, 6) is -0.264. The molecule has 3 rings (SSSR count). The Bertz CT molecular complexity index is 1170. The first-order valence-electron chi connectivity index (χ1n) is 9.19. The third-order valence-corrected chi connectivity index (χ3v) is 5.22. The highest BCUT2D eigenvalue weighted by Gasteiger charge is 2.16. The number of nitrogen functional groups attached to an aromatic ring is 1. The molecule has 2 heterocycles. The normalized spacial score (nSPS) is 10.7. The number of halogens is 3. The minimum absolute atomic E-state index is 0.00423. The van der Waals surface area contributed by atoms with Gasteiger partial charge in [0.2, 0.25) is 6.41 Å². The van der Waals surface area contributed by atoms with Crippen LogP contribution in [0.15, 0.2) is 41.3 Å². The van der Waals surface area contributed by atoms with E-state index in [0.717, 1.165) is 0 Å². The van der Waals surface area contributed by atoms with E-state index in [0.29, 0.717) is 29.2 Å². The number of aromatic nitrogens is 3. The van der Waals surface area contributed by atoms with Gasteiger partial charge in [-0.1, -0.05) is 23.2 Å². The SMILES string of the molecule is CCn1cc(N(C=O)c2cc(OCCc3c(Cl)ccc(F)c3Cl)c(N)nn2)ccc1=O. The van der Waals surface area contributed by atoms with E-state index in [1.807, 2.05) is 6.92 Å². The largest absolute Gasteiger partial charge is 0.489 e. The number of pyridine rings is 1. The fourth-order valence-corrected chi connectivity index (χ4v) is 3.38. The zero-order valence-electron chi connectivity index (χ0n) is 16.4. The molecule has 0 fully saturated rings. The van der Waals surface area contributed by atoms with Gasteiger partial charge in [0.05, 0.1) is 17.3 Å². The number of benzene rings is 1. The van der Waals surface area contributed by atoms with Crippen LogP contribution in [0.3, 0.4) is 0 Å². The van der Waals surface area contributed by atoms with Crippen molar-refractivity contribution in [1.29, 1.82) is 0 Å². The van der Waals surface area contributed by atoms with E-state index in [1.54, 1.807) is 0 Å². The molecule has 3 aromatic rings. The summed E-state index contributed by atoms with van der Waals surface area (Å²) in [7, 11) is 0. The summed E-state index contributed by atoms with van der Waals surface area (Å²) >= 11 is 12.0. The standard InChI is InChI=1S/C20H18Cl2FN5O3/c1-2-27-10-12(3-6-18(27)30)28(11-29)17-9-16(20(24)26-25-17)31-8-7-13-14(21)4-5-15(23)19(13)22/h3-6,9-11H,2,7-8H2,1H3,(H2,24,26). The molecule has 1 amide bonds. The zero-order valence-corrected chi connectivity index (χ0v) is 17.9. The second kappa shape index (κ2) is 9.76. The van der Waals surface area contributed by atoms with Crippen LogP contribution < -0.4 is 20.9 Å². The first-order valence-corrected chi connectivity index (χ1v) is 9.94. The van der Waals surface area contributed by atoms with E-state index >= 15 is 0 Å². The third kappa shape index (κ3) is 4.95. The molecule has 8 nitrogen and oxygen atoms in total. The number of carbonyl (C=O) groups is 1. The van der Waals surface area contributed by atoms with Gasteiger partial charge in [0, 0.05) is 36.3 Å². The Morgan fingerprint density at radius 3 is 2.74 bits per heavy atom. The molecule has 2 N–H and O–H groups in total. The molecule has 0 aliphatic heterocycles. The first kappa shape index (κ1) is 22.5. The molecule has 0 spiro atoms. The molecule has 2 aromatic heterocycles. The molecule has 1 aromatic carbocycles. The summed E-state index contributed by atoms with van der Waals surface area (Å²) in [6, 6.07) is 6.88. The number of hydrogen-bond acceptors (Lipinski definition) is 6. The van der Waals surface area contributed by atoms with Crippen molar-refractivity contribution in [3.63, 3.8) is 0 Å². The monoisotopic (exact) mass is 465 g/mol. The highest BCUT2D eigenvalue weighted by molar-refractivity contribution is 6.36. The van der Waals surface area contributed by atoms with Crippen LogP contribution in [0.2, 0.25) is 10.0 Å². The lowest BCUT2D eigenvalue weighted by Crippen LogP contribution is -2.22. The van der Waals surface area contributed by atoms with Gasteiger partial charge < -0.3 is 15.0 Å². The van der Waals surface area contributed by atoms with Gasteiger partial charge in [0.15, 0.2) is 17.4 Å². The average molecular weight is 466 g/mol. The lowest BCUT2D eigenvalue weighted by Gasteiger charge is -2.18. The Hall–Kier alpha value is -3.17. The van der Waals surface area contributed by atoms with Crippen molar-refractivity contribution in [1.82, 2.24) is 14.8 Å². The number of anilines is 3. The maximum Gasteiger partial charge on any atom is 0.250 e. The number of amides is 1. The fourth-order valence-electron chi connectivity index (χ4n) is 2.82. The summed E-state index contributed by atoms with van der Waals surface area (Å²) < 4.78 is 20.8. The lowest BCUT2D eigenvalue weighted by molar-refractivity contribution is -0.106. The quantitative estimate of drug-likeness (QED) is 0.402. The minimum Gasteiger partial charge on any atom is -0.489 e. The number of hydrogen-bond donors (Lipinski definition) is 1. The maximum absolute atomic E-state index is 13.7. The van der Waals surface area contributed by atoms with E-state index in [4.69, 9.17) is 33.7 Å². The Labute approximate surface area is 187 Å². The van der Waals surface area contributed by atoms with Crippen molar-refractivity contribution < 1.29 is 13.9 Å². The summed E-state index contributed by atoms with van der Waals surface area (Å²) in [5.41, 5.74) is 6.46. The van der Waals surface area contributed by atoms with Crippen molar-refractivity contribution in [3.8, 4) is 5.75 Å². The van der Waals surface area contributed by atoms with Crippen molar-refractivity contribution in [2.75, 3.05) is 17.2 Å². The van der Waals surface area contributed by atoms with Crippen LogP contribution in [-0.4, -0.2) is 27.8 Å². The van der Waals surface area contributed by atoms with Crippen LogP contribution >= 0.6 is 23.2 Å². The second-order valence-electron chi connectivity index (χ2n) is 6.36. The Morgan fingerprint density at radius 1 is 1.26 bits per heavy atom.